The van der Waals surface area contributed by atoms with Gasteiger partial charge in [-0.1, -0.05) is 55.6 Å². The predicted octanol–water partition coefficient (Wildman–Crippen LogP) is 5.76. The summed E-state index contributed by atoms with van der Waals surface area (Å²) in [5.41, 5.74) is -1.18. The van der Waals surface area contributed by atoms with Crippen LogP contribution in [0, 0.1) is 5.92 Å². The third kappa shape index (κ3) is 7.45. The number of aromatic nitrogens is 1. The van der Waals surface area contributed by atoms with Gasteiger partial charge < -0.3 is 20.3 Å². The highest BCUT2D eigenvalue weighted by Crippen LogP contribution is 2.49. The maximum atomic E-state index is 14.5. The van der Waals surface area contributed by atoms with Crippen molar-refractivity contribution in [3.05, 3.63) is 54.1 Å². The number of carbonyl (C=O) groups is 3. The van der Waals surface area contributed by atoms with E-state index in [2.05, 4.69) is 20.3 Å². The molecule has 0 radical (unpaired) electrons. The summed E-state index contributed by atoms with van der Waals surface area (Å²) in [6.45, 7) is 1.61. The SMILES string of the molecule is CC1(S(=O)(=O)NC(=O)[C@@]23C[C@H]2CCCCCCC[C@H](Nc2ccc(C(F)(F)F)cc2)C(=O)N2C[C@H](Oc4nc5ccccc5s4)C[C@H]2C(=O)N3)CC1. The van der Waals surface area contributed by atoms with Gasteiger partial charge in [-0.2, -0.15) is 13.2 Å². The van der Waals surface area contributed by atoms with E-state index >= 15 is 0 Å². The number of ether oxygens (including phenoxy) is 1. The number of nitrogens with one attached hydrogen (secondary N) is 3. The molecule has 4 aliphatic rings. The largest absolute Gasteiger partial charge is 0.465 e. The van der Waals surface area contributed by atoms with Crippen molar-refractivity contribution >= 4 is 55.0 Å². The minimum Gasteiger partial charge on any atom is -0.465 e. The van der Waals surface area contributed by atoms with Gasteiger partial charge in [0.15, 0.2) is 0 Å². The van der Waals surface area contributed by atoms with Crippen molar-refractivity contribution in [2.45, 2.75) is 112 Å². The third-order valence-corrected chi connectivity index (χ3v) is 14.1. The highest BCUT2D eigenvalue weighted by molar-refractivity contribution is 7.91. The number of benzene rings is 2. The Hall–Kier alpha value is -3.92. The summed E-state index contributed by atoms with van der Waals surface area (Å²) >= 11 is 1.33. The summed E-state index contributed by atoms with van der Waals surface area (Å²) in [4.78, 5) is 48.5. The average molecular weight is 762 g/mol. The Kier molecular flexibility index (Phi) is 9.68. The van der Waals surface area contributed by atoms with E-state index in [4.69, 9.17) is 4.74 Å². The second-order valence-electron chi connectivity index (χ2n) is 14.8. The Labute approximate surface area is 304 Å². The minimum atomic E-state index is -4.51. The van der Waals surface area contributed by atoms with Crippen molar-refractivity contribution in [2.24, 2.45) is 5.92 Å². The molecule has 2 aromatic carbocycles. The minimum absolute atomic E-state index is 0.0212. The van der Waals surface area contributed by atoms with Crippen LogP contribution in [0.1, 0.15) is 83.1 Å². The van der Waals surface area contributed by atoms with E-state index in [0.717, 1.165) is 48.0 Å². The van der Waals surface area contributed by atoms with Crippen LogP contribution in [0.5, 0.6) is 5.19 Å². The van der Waals surface area contributed by atoms with Crippen LogP contribution in [0.4, 0.5) is 18.9 Å². The van der Waals surface area contributed by atoms with E-state index in [9.17, 15) is 36.0 Å². The summed E-state index contributed by atoms with van der Waals surface area (Å²) in [6, 6.07) is 10.0. The van der Waals surface area contributed by atoms with E-state index in [0.29, 0.717) is 43.0 Å². The maximum absolute atomic E-state index is 14.5. The van der Waals surface area contributed by atoms with E-state index in [-0.39, 0.29) is 25.3 Å². The molecule has 280 valence electrons. The lowest BCUT2D eigenvalue weighted by Crippen LogP contribution is -2.58. The molecular weight excluding hydrogens is 720 g/mol. The fourth-order valence-electron chi connectivity index (χ4n) is 7.35. The molecule has 3 heterocycles. The summed E-state index contributed by atoms with van der Waals surface area (Å²) in [5, 5.41) is 6.41. The molecule has 2 aliphatic heterocycles. The number of nitrogens with zero attached hydrogens (tertiary/aromatic N) is 2. The van der Waals surface area contributed by atoms with Gasteiger partial charge >= 0.3 is 6.18 Å². The Balaban J connectivity index is 1.17. The molecule has 0 unspecified atom stereocenters. The smallest absolute Gasteiger partial charge is 0.416 e. The van der Waals surface area contributed by atoms with Crippen molar-refractivity contribution in [1.82, 2.24) is 19.9 Å². The van der Waals surface area contributed by atoms with E-state index in [1.54, 1.807) is 6.92 Å². The zero-order chi connectivity index (χ0) is 36.9. The van der Waals surface area contributed by atoms with Crippen LogP contribution < -0.4 is 20.1 Å². The van der Waals surface area contributed by atoms with E-state index in [1.165, 1.54) is 28.4 Å². The highest BCUT2D eigenvalue weighted by Gasteiger charge is 2.63. The quantitative estimate of drug-likeness (QED) is 0.276. The van der Waals surface area contributed by atoms with Gasteiger partial charge in [0.25, 0.3) is 11.1 Å². The molecule has 3 amide bonds. The van der Waals surface area contributed by atoms with E-state index < -0.39 is 68.0 Å². The van der Waals surface area contributed by atoms with Crippen LogP contribution in [0.15, 0.2) is 48.5 Å². The molecule has 16 heteroatoms. The van der Waals surface area contributed by atoms with Crippen LogP contribution in [0.3, 0.4) is 0 Å². The number of alkyl halides is 3. The first-order chi connectivity index (χ1) is 24.7. The fraction of sp³-hybridized carbons (Fsp3) is 0.556. The second-order valence-corrected chi connectivity index (χ2v) is 18.0. The predicted molar refractivity (Wildman–Crippen MR) is 189 cm³/mol. The molecule has 5 atom stereocenters. The molecule has 2 saturated carbocycles. The number of fused-ring (bicyclic) bond motifs is 3. The Morgan fingerprint density at radius 3 is 2.40 bits per heavy atom. The number of hydrogen-bond acceptors (Lipinski definition) is 9. The van der Waals surface area contributed by atoms with Gasteiger partial charge in [0, 0.05) is 12.1 Å². The van der Waals surface area contributed by atoms with Gasteiger partial charge in [0.2, 0.25) is 21.8 Å². The zero-order valence-corrected chi connectivity index (χ0v) is 30.3. The lowest BCUT2D eigenvalue weighted by atomic mass is 10.0. The third-order valence-electron chi connectivity index (χ3n) is 11.0. The number of anilines is 1. The van der Waals surface area contributed by atoms with Gasteiger partial charge in [0.1, 0.15) is 23.7 Å². The number of thiazole rings is 1. The first-order valence-corrected chi connectivity index (χ1v) is 20.1. The first-order valence-electron chi connectivity index (χ1n) is 17.8. The Morgan fingerprint density at radius 1 is 1.02 bits per heavy atom. The monoisotopic (exact) mass is 761 g/mol. The molecule has 2 aliphatic carbocycles. The van der Waals surface area contributed by atoms with Gasteiger partial charge in [-0.05, 0) is 81.3 Å². The molecule has 0 spiro atoms. The maximum Gasteiger partial charge on any atom is 0.416 e. The van der Waals surface area contributed by atoms with Gasteiger partial charge in [-0.3, -0.25) is 19.1 Å². The molecular formula is C36H42F3N5O6S2. The van der Waals surface area contributed by atoms with Crippen molar-refractivity contribution < 1.29 is 40.7 Å². The molecule has 7 rings (SSSR count). The van der Waals surface area contributed by atoms with Gasteiger partial charge in [-0.25, -0.2) is 13.4 Å². The molecule has 2 saturated heterocycles. The molecule has 3 aromatic rings. The van der Waals surface area contributed by atoms with Crippen molar-refractivity contribution in [3.8, 4) is 5.19 Å². The van der Waals surface area contributed by atoms with Crippen LogP contribution in [0.2, 0.25) is 0 Å². The molecule has 52 heavy (non-hydrogen) atoms. The average Bonchev–Trinajstić information content (AvgIpc) is 3.90. The summed E-state index contributed by atoms with van der Waals surface area (Å²) in [5.74, 6) is -2.05. The summed E-state index contributed by atoms with van der Waals surface area (Å²) < 4.78 is 74.4. The van der Waals surface area contributed by atoms with Crippen molar-refractivity contribution in [2.75, 3.05) is 11.9 Å². The van der Waals surface area contributed by atoms with Crippen LogP contribution >= 0.6 is 11.3 Å². The van der Waals surface area contributed by atoms with Crippen LogP contribution in [-0.2, 0) is 30.6 Å². The number of sulfonamides is 1. The Bertz CT molecular complexity index is 1920. The van der Waals surface area contributed by atoms with Crippen molar-refractivity contribution in [1.29, 1.82) is 0 Å². The number of hydrogen-bond donors (Lipinski definition) is 3. The highest BCUT2D eigenvalue weighted by atomic mass is 32.2. The molecule has 1 aromatic heterocycles. The van der Waals surface area contributed by atoms with E-state index in [1.807, 2.05) is 24.3 Å². The topological polar surface area (TPSA) is 147 Å². The number of amides is 3. The normalized spacial score (nSPS) is 28.1. The van der Waals surface area contributed by atoms with Gasteiger partial charge in [0.05, 0.1) is 27.1 Å². The summed E-state index contributed by atoms with van der Waals surface area (Å²) in [7, 11) is -3.97. The Morgan fingerprint density at radius 2 is 1.71 bits per heavy atom. The number of carbonyl (C=O) groups excluding carboxylic acids is 3. The fourth-order valence-corrected chi connectivity index (χ4v) is 9.55. The van der Waals surface area contributed by atoms with Crippen molar-refractivity contribution in [3.63, 3.8) is 0 Å². The zero-order valence-electron chi connectivity index (χ0n) is 28.7. The lowest BCUT2D eigenvalue weighted by molar-refractivity contribution is -0.140. The second kappa shape index (κ2) is 13.8. The standard InChI is InChI=1S/C36H42F3N5O6S2/c1-34(17-18-34)52(48,49)43-32(47)35-20-23(35)9-5-3-2-4-6-11-27(40-24-15-13-22(14-16-24)36(37,38)39)31(46)44-21-25(19-28(44)30(45)42-35)50-33-41-26-10-7-8-12-29(26)51-33/h7-8,10,12-16,23,25,27-28,40H,2-6,9,11,17-21H2,1H3,(H,42,45)(H,43,47)/t23-,25-,27+,28+,35-/m1/s1. The molecule has 11 nitrogen and oxygen atoms in total. The number of halogens is 3. The molecule has 3 N–H and O–H groups in total. The molecule has 0 bridgehead atoms. The van der Waals surface area contributed by atoms with Crippen LogP contribution in [-0.4, -0.2) is 71.0 Å². The van der Waals surface area contributed by atoms with Gasteiger partial charge in [-0.15, -0.1) is 0 Å². The first kappa shape index (κ1) is 36.4. The van der Waals surface area contributed by atoms with Crippen LogP contribution in [0.25, 0.3) is 10.2 Å². The number of para-hydroxylation sites is 1. The number of rotatable bonds is 7. The lowest BCUT2D eigenvalue weighted by Gasteiger charge is -2.30. The molecule has 4 fully saturated rings. The summed E-state index contributed by atoms with van der Waals surface area (Å²) in [6.07, 6.45) is 1.04.